The average Bonchev–Trinajstić information content (AvgIpc) is 2.31. The topological polar surface area (TPSA) is 59.2 Å². The third-order valence-electron chi connectivity index (χ3n) is 2.64. The van der Waals surface area contributed by atoms with Gasteiger partial charge in [0, 0.05) is 16.6 Å². The normalized spacial score (nSPS) is 10.5. The van der Waals surface area contributed by atoms with Crippen LogP contribution < -0.4 is 10.2 Å². The largest absolute Gasteiger partial charge is 0.494 e. The number of pyridine rings is 1. The molecule has 0 atom stereocenters. The maximum Gasteiger partial charge on any atom is 0.200 e. The number of benzene rings is 1. The Morgan fingerprint density at radius 1 is 1.41 bits per heavy atom. The van der Waals surface area contributed by atoms with Crippen molar-refractivity contribution in [1.29, 1.82) is 0 Å². The van der Waals surface area contributed by atoms with Crippen molar-refractivity contribution in [2.24, 2.45) is 0 Å². The highest BCUT2D eigenvalue weighted by Crippen LogP contribution is 2.18. The quantitative estimate of drug-likeness (QED) is 0.822. The molecule has 0 aliphatic heterocycles. The van der Waals surface area contributed by atoms with Crippen LogP contribution in [0.2, 0.25) is 0 Å². The fourth-order valence-electron chi connectivity index (χ4n) is 1.80. The summed E-state index contributed by atoms with van der Waals surface area (Å²) in [5, 5.41) is 0.476. The molecular weight excluding hydrogens is 218 g/mol. The van der Waals surface area contributed by atoms with Crippen molar-refractivity contribution in [3.8, 4) is 5.75 Å². The van der Waals surface area contributed by atoms with Crippen LogP contribution in [0, 0.1) is 6.92 Å². The van der Waals surface area contributed by atoms with Crippen LogP contribution in [0.1, 0.15) is 23.0 Å². The number of hydrogen-bond acceptors (Lipinski definition) is 3. The molecule has 0 bridgehead atoms. The molecule has 0 amide bonds. The lowest BCUT2D eigenvalue weighted by atomic mass is 10.1. The van der Waals surface area contributed by atoms with E-state index >= 15 is 0 Å². The summed E-state index contributed by atoms with van der Waals surface area (Å²) >= 11 is 0. The summed E-state index contributed by atoms with van der Waals surface area (Å²) < 4.78 is 5.33. The SMILES string of the molecule is CCOc1ccc2[nH]c(C)c(C=O)c(=O)c2c1. The molecule has 0 fully saturated rings. The van der Waals surface area contributed by atoms with Gasteiger partial charge in [-0.15, -0.1) is 0 Å². The molecule has 2 rings (SSSR count). The first-order chi connectivity index (χ1) is 8.17. The number of H-pyrrole nitrogens is 1. The Kier molecular flexibility index (Phi) is 2.95. The third kappa shape index (κ3) is 1.93. The van der Waals surface area contributed by atoms with Crippen LogP contribution in [-0.4, -0.2) is 17.9 Å². The minimum Gasteiger partial charge on any atom is -0.494 e. The van der Waals surface area contributed by atoms with Crippen LogP contribution in [0.4, 0.5) is 0 Å². The van der Waals surface area contributed by atoms with E-state index in [0.717, 1.165) is 0 Å². The van der Waals surface area contributed by atoms with Crippen LogP contribution in [0.5, 0.6) is 5.75 Å². The molecule has 88 valence electrons. The number of ether oxygens (including phenoxy) is 1. The van der Waals surface area contributed by atoms with E-state index in [9.17, 15) is 9.59 Å². The molecule has 17 heavy (non-hydrogen) atoms. The van der Waals surface area contributed by atoms with E-state index < -0.39 is 0 Å². The van der Waals surface area contributed by atoms with Gasteiger partial charge in [0.1, 0.15) is 5.75 Å². The van der Waals surface area contributed by atoms with Crippen molar-refractivity contribution in [3.05, 3.63) is 39.7 Å². The van der Waals surface area contributed by atoms with Gasteiger partial charge in [-0.05, 0) is 32.0 Å². The van der Waals surface area contributed by atoms with Gasteiger partial charge in [-0.1, -0.05) is 0 Å². The van der Waals surface area contributed by atoms with E-state index in [2.05, 4.69) is 4.98 Å². The molecule has 1 heterocycles. The van der Waals surface area contributed by atoms with Crippen LogP contribution in [0.3, 0.4) is 0 Å². The van der Waals surface area contributed by atoms with Gasteiger partial charge in [-0.25, -0.2) is 0 Å². The summed E-state index contributed by atoms with van der Waals surface area (Å²) in [6.45, 7) is 4.12. The zero-order valence-electron chi connectivity index (χ0n) is 9.74. The van der Waals surface area contributed by atoms with Gasteiger partial charge in [0.25, 0.3) is 0 Å². The molecule has 1 aromatic heterocycles. The number of aryl methyl sites for hydroxylation is 1. The Morgan fingerprint density at radius 3 is 2.82 bits per heavy atom. The minimum absolute atomic E-state index is 0.172. The van der Waals surface area contributed by atoms with Crippen molar-refractivity contribution in [3.63, 3.8) is 0 Å². The Hall–Kier alpha value is -2.10. The number of rotatable bonds is 3. The van der Waals surface area contributed by atoms with Crippen LogP contribution in [0.25, 0.3) is 10.9 Å². The van der Waals surface area contributed by atoms with Gasteiger partial charge >= 0.3 is 0 Å². The molecule has 1 N–H and O–H groups in total. The van der Waals surface area contributed by atoms with Crippen molar-refractivity contribution in [2.75, 3.05) is 6.61 Å². The predicted octanol–water partition coefficient (Wildman–Crippen LogP) is 2.05. The molecular formula is C13H13NO3. The number of carbonyl (C=O) groups excluding carboxylic acids is 1. The van der Waals surface area contributed by atoms with E-state index in [1.807, 2.05) is 6.92 Å². The highest BCUT2D eigenvalue weighted by molar-refractivity contribution is 5.87. The lowest BCUT2D eigenvalue weighted by Gasteiger charge is -2.06. The summed E-state index contributed by atoms with van der Waals surface area (Å²) in [6, 6.07) is 5.23. The smallest absolute Gasteiger partial charge is 0.200 e. The molecule has 2 aromatic rings. The molecule has 0 saturated carbocycles. The molecule has 0 saturated heterocycles. The Balaban J connectivity index is 2.76. The third-order valence-corrected chi connectivity index (χ3v) is 2.64. The number of hydrogen-bond donors (Lipinski definition) is 1. The van der Waals surface area contributed by atoms with E-state index in [-0.39, 0.29) is 11.0 Å². The summed E-state index contributed by atoms with van der Waals surface area (Å²) in [4.78, 5) is 25.9. The second-order valence-electron chi connectivity index (χ2n) is 3.75. The van der Waals surface area contributed by atoms with E-state index in [1.165, 1.54) is 0 Å². The molecule has 0 aliphatic carbocycles. The summed E-state index contributed by atoms with van der Waals surface area (Å²) in [7, 11) is 0. The first kappa shape index (κ1) is 11.4. The van der Waals surface area contributed by atoms with Crippen LogP contribution >= 0.6 is 0 Å². The fourth-order valence-corrected chi connectivity index (χ4v) is 1.80. The standard InChI is InChI=1S/C13H13NO3/c1-3-17-9-4-5-12-10(6-9)13(16)11(7-15)8(2)14-12/h4-7H,3H2,1-2H3,(H,14,16). The Bertz CT molecular complexity index is 628. The highest BCUT2D eigenvalue weighted by Gasteiger charge is 2.09. The lowest BCUT2D eigenvalue weighted by molar-refractivity contribution is 0.112. The van der Waals surface area contributed by atoms with Crippen molar-refractivity contribution in [1.82, 2.24) is 4.98 Å². The summed E-state index contributed by atoms with van der Waals surface area (Å²) in [5.74, 6) is 0.631. The number of aromatic amines is 1. The molecule has 4 nitrogen and oxygen atoms in total. The minimum atomic E-state index is -0.257. The van der Waals surface area contributed by atoms with Gasteiger partial charge in [0.2, 0.25) is 0 Å². The van der Waals surface area contributed by atoms with Gasteiger partial charge < -0.3 is 9.72 Å². The van der Waals surface area contributed by atoms with E-state index in [4.69, 9.17) is 4.74 Å². The molecule has 1 aromatic carbocycles. The molecule has 4 heteroatoms. The number of aldehydes is 1. The molecule has 0 aliphatic rings. The monoisotopic (exact) mass is 231 g/mol. The fraction of sp³-hybridized carbons (Fsp3) is 0.231. The number of carbonyl (C=O) groups is 1. The zero-order valence-corrected chi connectivity index (χ0v) is 9.74. The number of fused-ring (bicyclic) bond motifs is 1. The van der Waals surface area contributed by atoms with Gasteiger partial charge in [-0.3, -0.25) is 9.59 Å². The molecule has 0 spiro atoms. The van der Waals surface area contributed by atoms with Crippen LogP contribution in [-0.2, 0) is 0 Å². The van der Waals surface area contributed by atoms with Gasteiger partial charge in [0.15, 0.2) is 11.7 Å². The lowest BCUT2D eigenvalue weighted by Crippen LogP contribution is -2.12. The second kappa shape index (κ2) is 4.41. The van der Waals surface area contributed by atoms with E-state index in [1.54, 1.807) is 25.1 Å². The van der Waals surface area contributed by atoms with E-state index in [0.29, 0.717) is 35.2 Å². The molecule has 0 unspecified atom stereocenters. The first-order valence-electron chi connectivity index (χ1n) is 5.42. The first-order valence-corrected chi connectivity index (χ1v) is 5.42. The summed E-state index contributed by atoms with van der Waals surface area (Å²) in [5.41, 5.74) is 1.21. The Morgan fingerprint density at radius 2 is 2.18 bits per heavy atom. The van der Waals surface area contributed by atoms with Gasteiger partial charge in [0.05, 0.1) is 12.2 Å². The second-order valence-corrected chi connectivity index (χ2v) is 3.75. The van der Waals surface area contributed by atoms with Crippen LogP contribution in [0.15, 0.2) is 23.0 Å². The summed E-state index contributed by atoms with van der Waals surface area (Å²) in [6.07, 6.45) is 0.584. The molecule has 0 radical (unpaired) electrons. The van der Waals surface area contributed by atoms with Crippen molar-refractivity contribution in [2.45, 2.75) is 13.8 Å². The average molecular weight is 231 g/mol. The number of aromatic nitrogens is 1. The predicted molar refractivity (Wildman–Crippen MR) is 65.9 cm³/mol. The van der Waals surface area contributed by atoms with Crippen molar-refractivity contribution < 1.29 is 9.53 Å². The highest BCUT2D eigenvalue weighted by atomic mass is 16.5. The maximum absolute atomic E-state index is 12.0. The van der Waals surface area contributed by atoms with Crippen molar-refractivity contribution >= 4 is 17.2 Å². The number of nitrogens with one attached hydrogen (secondary N) is 1. The maximum atomic E-state index is 12.0. The Labute approximate surface area is 98.2 Å². The van der Waals surface area contributed by atoms with Gasteiger partial charge in [-0.2, -0.15) is 0 Å². The zero-order chi connectivity index (χ0) is 12.4.